The van der Waals surface area contributed by atoms with Crippen molar-refractivity contribution in [2.45, 2.75) is 26.3 Å². The molecule has 1 N–H and O–H groups in total. The Morgan fingerprint density at radius 2 is 2.28 bits per heavy atom. The third kappa shape index (κ3) is 3.20. The fourth-order valence-corrected chi connectivity index (χ4v) is 1.65. The first-order valence-corrected chi connectivity index (χ1v) is 5.67. The molecule has 18 heavy (non-hydrogen) atoms. The number of nitriles is 1. The van der Waals surface area contributed by atoms with Crippen LogP contribution in [0.4, 0.5) is 10.1 Å². The van der Waals surface area contributed by atoms with Crippen molar-refractivity contribution in [3.8, 4) is 6.07 Å². The smallest absolute Gasteiger partial charge is 0.323 e. The second-order valence-electron chi connectivity index (χ2n) is 4.06. The summed E-state index contributed by atoms with van der Waals surface area (Å²) in [5, 5.41) is 17.5. The summed E-state index contributed by atoms with van der Waals surface area (Å²) in [7, 11) is 0. The summed E-state index contributed by atoms with van der Waals surface area (Å²) in [4.78, 5) is 12.3. The van der Waals surface area contributed by atoms with Gasteiger partial charge >= 0.3 is 5.97 Å². The highest BCUT2D eigenvalue weighted by Gasteiger charge is 2.19. The zero-order chi connectivity index (χ0) is 13.7. The van der Waals surface area contributed by atoms with Gasteiger partial charge in [0, 0.05) is 6.04 Å². The van der Waals surface area contributed by atoms with E-state index in [0.29, 0.717) is 6.42 Å². The quantitative estimate of drug-likeness (QED) is 0.871. The summed E-state index contributed by atoms with van der Waals surface area (Å²) >= 11 is 0. The summed E-state index contributed by atoms with van der Waals surface area (Å²) < 4.78 is 13.8. The largest absolute Gasteiger partial charge is 0.480 e. The number of anilines is 1. The number of halogens is 1. The first kappa shape index (κ1) is 14.0. The third-order valence-corrected chi connectivity index (χ3v) is 2.81. The zero-order valence-corrected chi connectivity index (χ0v) is 10.4. The van der Waals surface area contributed by atoms with Crippen molar-refractivity contribution in [2.24, 2.45) is 0 Å². The van der Waals surface area contributed by atoms with E-state index in [1.807, 2.05) is 19.9 Å². The van der Waals surface area contributed by atoms with Crippen molar-refractivity contribution in [1.82, 2.24) is 0 Å². The Labute approximate surface area is 105 Å². The molecule has 1 rings (SSSR count). The van der Waals surface area contributed by atoms with E-state index < -0.39 is 11.8 Å². The van der Waals surface area contributed by atoms with Crippen LogP contribution >= 0.6 is 0 Å². The van der Waals surface area contributed by atoms with Crippen LogP contribution < -0.4 is 4.90 Å². The van der Waals surface area contributed by atoms with Crippen LogP contribution in [0.3, 0.4) is 0 Å². The average Bonchev–Trinajstić information content (AvgIpc) is 2.35. The van der Waals surface area contributed by atoms with Gasteiger partial charge in [0.25, 0.3) is 0 Å². The molecule has 1 aromatic rings. The van der Waals surface area contributed by atoms with Gasteiger partial charge in [0.2, 0.25) is 0 Å². The highest BCUT2D eigenvalue weighted by atomic mass is 19.1. The Kier molecular flexibility index (Phi) is 4.67. The fraction of sp³-hybridized carbons (Fsp3) is 0.385. The molecule has 0 aliphatic carbocycles. The molecule has 0 aromatic heterocycles. The molecular formula is C13H15FN2O2. The fourth-order valence-electron chi connectivity index (χ4n) is 1.65. The minimum Gasteiger partial charge on any atom is -0.480 e. The maximum absolute atomic E-state index is 13.8. The van der Waals surface area contributed by atoms with Crippen molar-refractivity contribution in [3.05, 3.63) is 29.6 Å². The van der Waals surface area contributed by atoms with Crippen molar-refractivity contribution < 1.29 is 14.3 Å². The maximum Gasteiger partial charge on any atom is 0.323 e. The average molecular weight is 250 g/mol. The van der Waals surface area contributed by atoms with E-state index in [-0.39, 0.29) is 23.8 Å². The van der Waals surface area contributed by atoms with E-state index in [1.165, 1.54) is 17.0 Å². The maximum atomic E-state index is 13.8. The lowest BCUT2D eigenvalue weighted by atomic mass is 10.1. The van der Waals surface area contributed by atoms with Gasteiger partial charge in [-0.25, -0.2) is 4.39 Å². The highest BCUT2D eigenvalue weighted by molar-refractivity contribution is 5.74. The van der Waals surface area contributed by atoms with Gasteiger partial charge in [0.15, 0.2) is 0 Å². The minimum atomic E-state index is -1.01. The normalized spacial score (nSPS) is 11.7. The highest BCUT2D eigenvalue weighted by Crippen LogP contribution is 2.23. The molecule has 0 radical (unpaired) electrons. The molecule has 0 aliphatic rings. The van der Waals surface area contributed by atoms with Gasteiger partial charge in [0.05, 0.1) is 17.3 Å². The molecule has 0 saturated carbocycles. The Hall–Kier alpha value is -2.09. The van der Waals surface area contributed by atoms with Crippen molar-refractivity contribution in [2.75, 3.05) is 11.4 Å². The van der Waals surface area contributed by atoms with Crippen LogP contribution in [0.2, 0.25) is 0 Å². The first-order valence-electron chi connectivity index (χ1n) is 5.67. The predicted octanol–water partition coefficient (Wildman–Crippen LogP) is 2.39. The van der Waals surface area contributed by atoms with E-state index in [4.69, 9.17) is 10.4 Å². The molecule has 1 aromatic carbocycles. The van der Waals surface area contributed by atoms with Crippen LogP contribution in [-0.4, -0.2) is 23.7 Å². The molecular weight excluding hydrogens is 235 g/mol. The van der Waals surface area contributed by atoms with Gasteiger partial charge in [-0.2, -0.15) is 5.26 Å². The van der Waals surface area contributed by atoms with Crippen LogP contribution in [0.1, 0.15) is 25.8 Å². The van der Waals surface area contributed by atoms with Crippen molar-refractivity contribution in [1.29, 1.82) is 5.26 Å². The summed E-state index contributed by atoms with van der Waals surface area (Å²) in [5.41, 5.74) is 0.432. The number of carboxylic acids is 1. The summed E-state index contributed by atoms with van der Waals surface area (Å²) in [5.74, 6) is -1.59. The Balaban J connectivity index is 3.13. The molecule has 0 spiro atoms. The number of hydrogen-bond donors (Lipinski definition) is 1. The molecule has 5 heteroatoms. The predicted molar refractivity (Wildman–Crippen MR) is 65.8 cm³/mol. The van der Waals surface area contributed by atoms with E-state index >= 15 is 0 Å². The minimum absolute atomic E-state index is 0.0939. The van der Waals surface area contributed by atoms with Gasteiger partial charge in [-0.3, -0.25) is 4.79 Å². The Morgan fingerprint density at radius 3 is 2.72 bits per heavy atom. The summed E-state index contributed by atoms with van der Waals surface area (Å²) in [6.45, 7) is 3.47. The number of benzene rings is 1. The number of carboxylic acid groups (broad SMARTS) is 1. The van der Waals surface area contributed by atoms with E-state index in [9.17, 15) is 9.18 Å². The lowest BCUT2D eigenvalue weighted by Crippen LogP contribution is -2.37. The molecule has 96 valence electrons. The number of nitrogens with zero attached hydrogens (tertiary/aromatic N) is 2. The number of hydrogen-bond acceptors (Lipinski definition) is 3. The van der Waals surface area contributed by atoms with Crippen molar-refractivity contribution in [3.63, 3.8) is 0 Å². The van der Waals surface area contributed by atoms with Crippen LogP contribution in [-0.2, 0) is 4.79 Å². The third-order valence-electron chi connectivity index (χ3n) is 2.81. The van der Waals surface area contributed by atoms with Crippen LogP contribution in [0.5, 0.6) is 0 Å². The van der Waals surface area contributed by atoms with Crippen molar-refractivity contribution >= 4 is 11.7 Å². The van der Waals surface area contributed by atoms with Gasteiger partial charge in [-0.1, -0.05) is 6.92 Å². The van der Waals surface area contributed by atoms with E-state index in [0.717, 1.165) is 6.07 Å². The number of carbonyl (C=O) groups is 1. The molecule has 1 atom stereocenters. The molecule has 1 unspecified atom stereocenters. The first-order chi connectivity index (χ1) is 8.49. The summed E-state index contributed by atoms with van der Waals surface area (Å²) in [6.07, 6.45) is 0.701. The van der Waals surface area contributed by atoms with Crippen LogP contribution in [0.15, 0.2) is 18.2 Å². The lowest BCUT2D eigenvalue weighted by molar-refractivity contribution is -0.135. The van der Waals surface area contributed by atoms with Gasteiger partial charge < -0.3 is 10.0 Å². The lowest BCUT2D eigenvalue weighted by Gasteiger charge is -2.29. The second kappa shape index (κ2) is 6.01. The van der Waals surface area contributed by atoms with Crippen LogP contribution in [0.25, 0.3) is 0 Å². The topological polar surface area (TPSA) is 64.3 Å². The van der Waals surface area contributed by atoms with E-state index in [1.54, 1.807) is 0 Å². The van der Waals surface area contributed by atoms with Gasteiger partial charge in [-0.05, 0) is 31.5 Å². The van der Waals surface area contributed by atoms with Gasteiger partial charge in [-0.15, -0.1) is 0 Å². The van der Waals surface area contributed by atoms with Crippen LogP contribution in [0, 0.1) is 17.1 Å². The molecule has 0 heterocycles. The number of aliphatic carboxylic acids is 1. The summed E-state index contributed by atoms with van der Waals surface area (Å²) in [6, 6.07) is 5.80. The molecule has 4 nitrogen and oxygen atoms in total. The monoisotopic (exact) mass is 250 g/mol. The Morgan fingerprint density at radius 1 is 1.61 bits per heavy atom. The number of rotatable bonds is 5. The molecule has 0 bridgehead atoms. The zero-order valence-electron chi connectivity index (χ0n) is 10.4. The second-order valence-corrected chi connectivity index (χ2v) is 4.06. The molecule has 0 aliphatic heterocycles. The molecule has 0 saturated heterocycles. The van der Waals surface area contributed by atoms with Gasteiger partial charge in [0.1, 0.15) is 12.4 Å². The SMILES string of the molecule is CCC(C)N(CC(=O)O)c1ccc(C#N)cc1F. The Bertz CT molecular complexity index is 482. The standard InChI is InChI=1S/C13H15FN2O2/c1-3-9(2)16(8-13(17)18)12-5-4-10(7-15)6-11(12)14/h4-6,9H,3,8H2,1-2H3,(H,17,18). The molecule has 0 fully saturated rings. The molecule has 0 amide bonds. The van der Waals surface area contributed by atoms with E-state index in [2.05, 4.69) is 0 Å².